The second-order valence-corrected chi connectivity index (χ2v) is 8.11. The van der Waals surface area contributed by atoms with Crippen LogP contribution in [0.1, 0.15) is 40.5 Å². The zero-order valence-electron chi connectivity index (χ0n) is 17.0. The Balaban J connectivity index is 1.81. The van der Waals surface area contributed by atoms with E-state index in [-0.39, 0.29) is 11.5 Å². The summed E-state index contributed by atoms with van der Waals surface area (Å²) in [7, 11) is 0. The van der Waals surface area contributed by atoms with Gasteiger partial charge in [0.1, 0.15) is 0 Å². The van der Waals surface area contributed by atoms with Crippen molar-refractivity contribution in [3.8, 4) is 0 Å². The van der Waals surface area contributed by atoms with Gasteiger partial charge in [-0.1, -0.05) is 0 Å². The van der Waals surface area contributed by atoms with Crippen LogP contribution in [0.5, 0.6) is 0 Å². The van der Waals surface area contributed by atoms with Crippen LogP contribution in [0.3, 0.4) is 0 Å². The Kier molecular flexibility index (Phi) is 8.15. The number of nitrogens with one attached hydrogen (secondary N) is 2. The van der Waals surface area contributed by atoms with Gasteiger partial charge in [0.05, 0.1) is 19.8 Å². The SMILES string of the molecule is CCNC(=NCCNC(C)(C)C)N1CCC(C(=O)N2CCOCC2)CC1. The molecule has 2 heterocycles. The van der Waals surface area contributed by atoms with Gasteiger partial charge in [-0.3, -0.25) is 9.79 Å². The third-order valence-corrected chi connectivity index (χ3v) is 4.83. The molecule has 7 nitrogen and oxygen atoms in total. The molecule has 2 fully saturated rings. The Labute approximate surface area is 158 Å². The second kappa shape index (κ2) is 10.1. The van der Waals surface area contributed by atoms with Gasteiger partial charge < -0.3 is 25.2 Å². The summed E-state index contributed by atoms with van der Waals surface area (Å²) in [5.74, 6) is 1.43. The minimum atomic E-state index is 0.117. The van der Waals surface area contributed by atoms with Gasteiger partial charge in [-0.05, 0) is 40.5 Å². The number of guanidine groups is 1. The lowest BCUT2D eigenvalue weighted by Crippen LogP contribution is -2.50. The second-order valence-electron chi connectivity index (χ2n) is 8.11. The summed E-state index contributed by atoms with van der Waals surface area (Å²) in [5, 5.41) is 6.86. The van der Waals surface area contributed by atoms with Gasteiger partial charge >= 0.3 is 0 Å². The van der Waals surface area contributed by atoms with E-state index in [4.69, 9.17) is 9.73 Å². The molecule has 0 atom stereocenters. The summed E-state index contributed by atoms with van der Waals surface area (Å²) in [5.41, 5.74) is 0.117. The molecular formula is C19H37N5O2. The van der Waals surface area contributed by atoms with Crippen LogP contribution in [0.2, 0.25) is 0 Å². The number of amides is 1. The molecule has 2 rings (SSSR count). The molecule has 150 valence electrons. The van der Waals surface area contributed by atoms with Gasteiger partial charge in [0, 0.05) is 50.7 Å². The van der Waals surface area contributed by atoms with Crippen LogP contribution in [0.4, 0.5) is 0 Å². The summed E-state index contributed by atoms with van der Waals surface area (Å²) in [6.07, 6.45) is 1.81. The van der Waals surface area contributed by atoms with Crippen molar-refractivity contribution < 1.29 is 9.53 Å². The minimum Gasteiger partial charge on any atom is -0.378 e. The van der Waals surface area contributed by atoms with Crippen LogP contribution in [0.15, 0.2) is 4.99 Å². The smallest absolute Gasteiger partial charge is 0.225 e. The molecule has 0 aromatic rings. The molecule has 0 aromatic heterocycles. The van der Waals surface area contributed by atoms with Crippen molar-refractivity contribution in [2.75, 3.05) is 59.0 Å². The molecule has 2 N–H and O–H groups in total. The average molecular weight is 368 g/mol. The third-order valence-electron chi connectivity index (χ3n) is 4.83. The first-order valence-electron chi connectivity index (χ1n) is 10.1. The molecular weight excluding hydrogens is 330 g/mol. The Bertz CT molecular complexity index is 461. The Hall–Kier alpha value is -1.34. The molecule has 2 saturated heterocycles. The molecule has 0 unspecified atom stereocenters. The fraction of sp³-hybridized carbons (Fsp3) is 0.895. The highest BCUT2D eigenvalue weighted by Crippen LogP contribution is 2.20. The molecule has 0 aliphatic carbocycles. The van der Waals surface area contributed by atoms with Gasteiger partial charge in [-0.25, -0.2) is 0 Å². The summed E-state index contributed by atoms with van der Waals surface area (Å²) >= 11 is 0. The molecule has 0 aromatic carbocycles. The average Bonchev–Trinajstić information content (AvgIpc) is 2.64. The summed E-state index contributed by atoms with van der Waals surface area (Å²) < 4.78 is 5.35. The fourth-order valence-corrected chi connectivity index (χ4v) is 3.40. The Morgan fingerprint density at radius 2 is 1.77 bits per heavy atom. The van der Waals surface area contributed by atoms with E-state index in [2.05, 4.69) is 43.2 Å². The highest BCUT2D eigenvalue weighted by atomic mass is 16.5. The summed E-state index contributed by atoms with van der Waals surface area (Å²) in [6, 6.07) is 0. The van der Waals surface area contributed by atoms with Gasteiger partial charge in [-0.15, -0.1) is 0 Å². The lowest BCUT2D eigenvalue weighted by atomic mass is 9.95. The molecule has 2 aliphatic rings. The molecule has 0 radical (unpaired) electrons. The molecule has 7 heteroatoms. The molecule has 26 heavy (non-hydrogen) atoms. The number of carbonyl (C=O) groups excluding carboxylic acids is 1. The summed E-state index contributed by atoms with van der Waals surface area (Å²) in [4.78, 5) is 21.7. The maximum absolute atomic E-state index is 12.7. The lowest BCUT2D eigenvalue weighted by molar-refractivity contribution is -0.140. The highest BCUT2D eigenvalue weighted by molar-refractivity contribution is 5.81. The van der Waals surface area contributed by atoms with E-state index in [1.807, 2.05) is 4.90 Å². The monoisotopic (exact) mass is 367 g/mol. The minimum absolute atomic E-state index is 0.117. The number of nitrogens with zero attached hydrogens (tertiary/aromatic N) is 3. The zero-order chi connectivity index (χ0) is 19.0. The van der Waals surface area contributed by atoms with E-state index < -0.39 is 0 Å². The molecule has 1 amide bonds. The topological polar surface area (TPSA) is 69.2 Å². The number of morpholine rings is 1. The Morgan fingerprint density at radius 1 is 1.12 bits per heavy atom. The predicted octanol–water partition coefficient (Wildman–Crippen LogP) is 0.911. The number of hydrogen-bond acceptors (Lipinski definition) is 4. The van der Waals surface area contributed by atoms with Crippen molar-refractivity contribution in [2.45, 2.75) is 46.1 Å². The first-order valence-corrected chi connectivity index (χ1v) is 10.1. The number of hydrogen-bond donors (Lipinski definition) is 2. The molecule has 2 aliphatic heterocycles. The van der Waals surface area contributed by atoms with Crippen molar-refractivity contribution in [1.29, 1.82) is 0 Å². The maximum Gasteiger partial charge on any atom is 0.225 e. The third kappa shape index (κ3) is 6.76. The predicted molar refractivity (Wildman–Crippen MR) is 105 cm³/mol. The highest BCUT2D eigenvalue weighted by Gasteiger charge is 2.30. The number of rotatable bonds is 5. The van der Waals surface area contributed by atoms with Crippen LogP contribution < -0.4 is 10.6 Å². The fourth-order valence-electron chi connectivity index (χ4n) is 3.40. The van der Waals surface area contributed by atoms with E-state index in [1.165, 1.54) is 0 Å². The van der Waals surface area contributed by atoms with Crippen LogP contribution in [0, 0.1) is 5.92 Å². The van der Waals surface area contributed by atoms with E-state index in [9.17, 15) is 4.79 Å². The van der Waals surface area contributed by atoms with E-state index >= 15 is 0 Å². The van der Waals surface area contributed by atoms with Crippen LogP contribution in [0.25, 0.3) is 0 Å². The quantitative estimate of drug-likeness (QED) is 0.429. The first kappa shape index (κ1) is 21.0. The molecule has 0 saturated carbocycles. The van der Waals surface area contributed by atoms with E-state index in [0.717, 1.165) is 64.6 Å². The normalized spacial score (nSPS) is 20.4. The number of ether oxygens (including phenoxy) is 1. The van der Waals surface area contributed by atoms with Gasteiger partial charge in [0.2, 0.25) is 5.91 Å². The first-order chi connectivity index (χ1) is 12.4. The summed E-state index contributed by atoms with van der Waals surface area (Å²) in [6.45, 7) is 15.7. The van der Waals surface area contributed by atoms with Crippen LogP contribution in [-0.4, -0.2) is 86.2 Å². The van der Waals surface area contributed by atoms with Crippen molar-refractivity contribution in [3.63, 3.8) is 0 Å². The number of likely N-dealkylation sites (tertiary alicyclic amines) is 1. The number of carbonyl (C=O) groups is 1. The van der Waals surface area contributed by atoms with Crippen molar-refractivity contribution >= 4 is 11.9 Å². The standard InChI is InChI=1S/C19H37N5O2/c1-5-20-18(21-8-9-22-19(2,3)4)24-10-6-16(7-11-24)17(25)23-12-14-26-15-13-23/h16,22H,5-15H2,1-4H3,(H,20,21). The van der Waals surface area contributed by atoms with Gasteiger partial charge in [-0.2, -0.15) is 0 Å². The van der Waals surface area contributed by atoms with Crippen molar-refractivity contribution in [3.05, 3.63) is 0 Å². The maximum atomic E-state index is 12.7. The van der Waals surface area contributed by atoms with Crippen molar-refractivity contribution in [2.24, 2.45) is 10.9 Å². The zero-order valence-corrected chi connectivity index (χ0v) is 17.0. The van der Waals surface area contributed by atoms with Crippen LogP contribution >= 0.6 is 0 Å². The van der Waals surface area contributed by atoms with E-state index in [0.29, 0.717) is 19.1 Å². The molecule has 0 spiro atoms. The Morgan fingerprint density at radius 3 is 2.35 bits per heavy atom. The van der Waals surface area contributed by atoms with Gasteiger partial charge in [0.25, 0.3) is 0 Å². The van der Waals surface area contributed by atoms with Crippen molar-refractivity contribution in [1.82, 2.24) is 20.4 Å². The lowest BCUT2D eigenvalue weighted by Gasteiger charge is -2.36. The number of aliphatic imine (C=N–C) groups is 1. The van der Waals surface area contributed by atoms with Crippen LogP contribution in [-0.2, 0) is 9.53 Å². The molecule has 0 bridgehead atoms. The van der Waals surface area contributed by atoms with E-state index in [1.54, 1.807) is 0 Å². The van der Waals surface area contributed by atoms with Gasteiger partial charge in [0.15, 0.2) is 5.96 Å². The largest absolute Gasteiger partial charge is 0.378 e. The number of piperidine rings is 1.